The quantitative estimate of drug-likeness (QED) is 0.599. The summed E-state index contributed by atoms with van der Waals surface area (Å²) >= 11 is 0. The van der Waals surface area contributed by atoms with E-state index in [1.807, 2.05) is 0 Å². The summed E-state index contributed by atoms with van der Waals surface area (Å²) in [5, 5.41) is 1.06. The van der Waals surface area contributed by atoms with Crippen LogP contribution in [-0.2, 0) is 19.4 Å². The fraction of sp³-hybridized carbons (Fsp3) is 0.318. The molecule has 3 rings (SSSR count). The molecule has 2 amide bonds. The largest absolute Gasteiger partial charge is 0.492 e. The first-order valence-electron chi connectivity index (χ1n) is 9.95. The van der Waals surface area contributed by atoms with Gasteiger partial charge >= 0.3 is 0 Å². The van der Waals surface area contributed by atoms with E-state index >= 15 is 0 Å². The second-order valence-electron chi connectivity index (χ2n) is 7.21. The molecule has 9 nitrogen and oxygen atoms in total. The molecule has 1 unspecified atom stereocenters. The Balaban J connectivity index is 1.74. The van der Waals surface area contributed by atoms with Crippen molar-refractivity contribution in [3.8, 4) is 11.5 Å². The van der Waals surface area contributed by atoms with E-state index in [0.717, 1.165) is 0 Å². The van der Waals surface area contributed by atoms with Crippen LogP contribution in [0, 0.1) is 0 Å². The normalized spacial score (nSPS) is 14.2. The molecule has 0 aliphatic carbocycles. The zero-order chi connectivity index (χ0) is 23.5. The molecule has 32 heavy (non-hydrogen) atoms. The van der Waals surface area contributed by atoms with Crippen molar-refractivity contribution in [2.75, 3.05) is 36.2 Å². The maximum Gasteiger partial charge on any atom is 0.264 e. The molecule has 1 aliphatic heterocycles. The first kappa shape index (κ1) is 23.3. The van der Waals surface area contributed by atoms with E-state index in [0.29, 0.717) is 29.5 Å². The number of ether oxygens (including phenoxy) is 2. The van der Waals surface area contributed by atoms with Crippen LogP contribution >= 0.6 is 0 Å². The standard InChI is InChI=1S/C22H24N2O7S/c1-4-30-18-8-6-5-7-16(18)23-20(25)13-32(28,29)14(2)22(27)15-9-10-19-17(11-15)24(3)21(26)12-31-19/h5-11,14H,4,12-13H2,1-3H3,(H,23,25). The van der Waals surface area contributed by atoms with Gasteiger partial charge in [-0.3, -0.25) is 14.4 Å². The van der Waals surface area contributed by atoms with Gasteiger partial charge in [0.1, 0.15) is 22.5 Å². The number of Topliss-reactive ketones (excluding diaryl/α,β-unsaturated/α-hetero) is 1. The number of amides is 2. The van der Waals surface area contributed by atoms with Gasteiger partial charge in [0.15, 0.2) is 22.2 Å². The van der Waals surface area contributed by atoms with Crippen molar-refractivity contribution in [1.29, 1.82) is 0 Å². The molecule has 0 saturated heterocycles. The Bertz CT molecular complexity index is 1160. The number of nitrogens with one attached hydrogen (secondary N) is 1. The number of carbonyl (C=O) groups is 3. The van der Waals surface area contributed by atoms with Crippen molar-refractivity contribution in [2.45, 2.75) is 19.1 Å². The molecule has 0 spiro atoms. The van der Waals surface area contributed by atoms with Gasteiger partial charge in [-0.2, -0.15) is 0 Å². The number of carbonyl (C=O) groups excluding carboxylic acids is 3. The minimum atomic E-state index is -4.11. The highest BCUT2D eigenvalue weighted by atomic mass is 32.2. The number of benzene rings is 2. The number of hydrogen-bond acceptors (Lipinski definition) is 7. The number of fused-ring (bicyclic) bond motifs is 1. The Labute approximate surface area is 186 Å². The van der Waals surface area contributed by atoms with Gasteiger partial charge in [0.05, 0.1) is 18.0 Å². The van der Waals surface area contributed by atoms with Crippen LogP contribution in [0.5, 0.6) is 11.5 Å². The maximum atomic E-state index is 12.9. The molecular formula is C22H24N2O7S. The second kappa shape index (κ2) is 9.39. The van der Waals surface area contributed by atoms with E-state index in [4.69, 9.17) is 9.47 Å². The molecule has 1 aliphatic rings. The topological polar surface area (TPSA) is 119 Å². The van der Waals surface area contributed by atoms with Crippen LogP contribution in [0.2, 0.25) is 0 Å². The highest BCUT2D eigenvalue weighted by Crippen LogP contribution is 2.32. The first-order chi connectivity index (χ1) is 15.1. The third-order valence-corrected chi connectivity index (χ3v) is 6.99. The van der Waals surface area contributed by atoms with E-state index in [9.17, 15) is 22.8 Å². The highest BCUT2D eigenvalue weighted by molar-refractivity contribution is 7.93. The Morgan fingerprint density at radius 3 is 2.66 bits per heavy atom. The molecule has 0 aromatic heterocycles. The fourth-order valence-electron chi connectivity index (χ4n) is 3.17. The average Bonchev–Trinajstić information content (AvgIpc) is 2.76. The van der Waals surface area contributed by atoms with Gasteiger partial charge in [-0.05, 0) is 44.2 Å². The predicted molar refractivity (Wildman–Crippen MR) is 119 cm³/mol. The maximum absolute atomic E-state index is 12.9. The van der Waals surface area contributed by atoms with Crippen LogP contribution in [0.4, 0.5) is 11.4 Å². The smallest absolute Gasteiger partial charge is 0.264 e. The van der Waals surface area contributed by atoms with Crippen LogP contribution < -0.4 is 19.7 Å². The molecule has 10 heteroatoms. The molecule has 170 valence electrons. The summed E-state index contributed by atoms with van der Waals surface area (Å²) < 4.78 is 36.3. The summed E-state index contributed by atoms with van der Waals surface area (Å²) in [7, 11) is -2.57. The lowest BCUT2D eigenvalue weighted by Gasteiger charge is -2.26. The van der Waals surface area contributed by atoms with E-state index in [2.05, 4.69) is 5.32 Å². The minimum Gasteiger partial charge on any atom is -0.492 e. The monoisotopic (exact) mass is 460 g/mol. The van der Waals surface area contributed by atoms with Crippen molar-refractivity contribution < 1.29 is 32.3 Å². The Morgan fingerprint density at radius 1 is 1.22 bits per heavy atom. The van der Waals surface area contributed by atoms with Gasteiger partial charge in [0.2, 0.25) is 5.91 Å². The number of ketones is 1. The van der Waals surface area contributed by atoms with Crippen molar-refractivity contribution in [3.05, 3.63) is 48.0 Å². The van der Waals surface area contributed by atoms with E-state index in [1.54, 1.807) is 38.2 Å². The van der Waals surface area contributed by atoms with Gasteiger partial charge in [-0.25, -0.2) is 8.42 Å². The number of hydrogen-bond donors (Lipinski definition) is 1. The Morgan fingerprint density at radius 2 is 1.94 bits per heavy atom. The highest BCUT2D eigenvalue weighted by Gasteiger charge is 2.32. The molecule has 1 heterocycles. The molecule has 0 saturated carbocycles. The molecular weight excluding hydrogens is 436 g/mol. The van der Waals surface area contributed by atoms with Gasteiger partial charge in [0.25, 0.3) is 5.91 Å². The molecule has 0 bridgehead atoms. The first-order valence-corrected chi connectivity index (χ1v) is 11.7. The lowest BCUT2D eigenvalue weighted by Crippen LogP contribution is -2.36. The van der Waals surface area contributed by atoms with Crippen LogP contribution in [0.1, 0.15) is 24.2 Å². The summed E-state index contributed by atoms with van der Waals surface area (Å²) in [6.45, 7) is 3.30. The predicted octanol–water partition coefficient (Wildman–Crippen LogP) is 2.07. The zero-order valence-electron chi connectivity index (χ0n) is 18.0. The van der Waals surface area contributed by atoms with Crippen molar-refractivity contribution in [2.24, 2.45) is 0 Å². The minimum absolute atomic E-state index is 0.104. The summed E-state index contributed by atoms with van der Waals surface area (Å²) in [6, 6.07) is 11.0. The van der Waals surface area contributed by atoms with Gasteiger partial charge in [-0.1, -0.05) is 12.1 Å². The number of sulfone groups is 1. The van der Waals surface area contributed by atoms with Gasteiger partial charge in [0, 0.05) is 12.6 Å². The Hall–Kier alpha value is -3.40. The summed E-state index contributed by atoms with van der Waals surface area (Å²) in [5.74, 6) is -1.77. The van der Waals surface area contributed by atoms with Gasteiger partial charge < -0.3 is 19.7 Å². The molecule has 2 aromatic rings. The van der Waals surface area contributed by atoms with Crippen molar-refractivity contribution in [3.63, 3.8) is 0 Å². The number of anilines is 2. The number of nitrogens with zero attached hydrogens (tertiary/aromatic N) is 1. The molecule has 2 aromatic carbocycles. The summed E-state index contributed by atoms with van der Waals surface area (Å²) in [5.41, 5.74) is 0.824. The lowest BCUT2D eigenvalue weighted by atomic mass is 10.1. The molecule has 1 N–H and O–H groups in total. The number of para-hydroxylation sites is 2. The lowest BCUT2D eigenvalue weighted by molar-refractivity contribution is -0.121. The van der Waals surface area contributed by atoms with Crippen LogP contribution in [0.3, 0.4) is 0 Å². The molecule has 0 fully saturated rings. The second-order valence-corrected chi connectivity index (χ2v) is 9.54. The number of rotatable bonds is 8. The summed E-state index contributed by atoms with van der Waals surface area (Å²) in [6.07, 6.45) is 0. The third kappa shape index (κ3) is 4.91. The Kier molecular flexibility index (Phi) is 6.83. The van der Waals surface area contributed by atoms with Crippen molar-refractivity contribution in [1.82, 2.24) is 0 Å². The van der Waals surface area contributed by atoms with Crippen molar-refractivity contribution >= 4 is 38.8 Å². The molecule has 0 radical (unpaired) electrons. The molecule has 1 atom stereocenters. The van der Waals surface area contributed by atoms with Crippen LogP contribution in [0.25, 0.3) is 0 Å². The van der Waals surface area contributed by atoms with E-state index in [1.165, 1.54) is 30.0 Å². The fourth-order valence-corrected chi connectivity index (χ4v) is 4.32. The van der Waals surface area contributed by atoms with E-state index in [-0.39, 0.29) is 18.1 Å². The third-order valence-electron chi connectivity index (χ3n) is 5.03. The van der Waals surface area contributed by atoms with Crippen LogP contribution in [0.15, 0.2) is 42.5 Å². The van der Waals surface area contributed by atoms with Crippen LogP contribution in [-0.4, -0.2) is 57.3 Å². The number of likely N-dealkylation sites (N-methyl/N-ethyl adjacent to an activating group) is 1. The zero-order valence-corrected chi connectivity index (χ0v) is 18.8. The average molecular weight is 461 g/mol. The SMILES string of the molecule is CCOc1ccccc1NC(=O)CS(=O)(=O)C(C)C(=O)c1ccc2c(c1)N(C)C(=O)CO2. The summed E-state index contributed by atoms with van der Waals surface area (Å²) in [4.78, 5) is 38.4. The van der Waals surface area contributed by atoms with E-state index < -0.39 is 32.5 Å². The van der Waals surface area contributed by atoms with Gasteiger partial charge in [-0.15, -0.1) is 0 Å².